The van der Waals surface area contributed by atoms with Crippen molar-refractivity contribution in [3.8, 4) is 11.5 Å². The summed E-state index contributed by atoms with van der Waals surface area (Å²) >= 11 is 14.2. The number of halogens is 2. The maximum absolute atomic E-state index is 13.9. The minimum Gasteiger partial charge on any atom is -0.490 e. The van der Waals surface area contributed by atoms with Crippen LogP contribution < -0.4 is 24.4 Å². The first-order chi connectivity index (χ1) is 18.7. The van der Waals surface area contributed by atoms with Gasteiger partial charge in [-0.2, -0.15) is 0 Å². The Bertz CT molecular complexity index is 1610. The molecular formula is C29H30Cl2N2O5S. The van der Waals surface area contributed by atoms with E-state index in [2.05, 4.69) is 18.8 Å². The summed E-state index contributed by atoms with van der Waals surface area (Å²) in [5, 5.41) is 0.575. The Hall–Kier alpha value is -3.07. The van der Waals surface area contributed by atoms with Crippen molar-refractivity contribution < 1.29 is 19.0 Å². The molecule has 206 valence electrons. The highest BCUT2D eigenvalue weighted by atomic mass is 35.5. The third-order valence-electron chi connectivity index (χ3n) is 5.93. The second-order valence-electron chi connectivity index (χ2n) is 9.29. The lowest BCUT2D eigenvalue weighted by Crippen LogP contribution is -2.40. The fraction of sp³-hybridized carbons (Fsp3) is 0.345. The number of ether oxygens (including phenoxy) is 3. The molecule has 0 bridgehead atoms. The highest BCUT2D eigenvalue weighted by Gasteiger charge is 2.34. The first kappa shape index (κ1) is 28.9. The van der Waals surface area contributed by atoms with Gasteiger partial charge in [0.15, 0.2) is 16.3 Å². The maximum atomic E-state index is 13.9. The Morgan fingerprint density at radius 2 is 1.90 bits per heavy atom. The Labute approximate surface area is 241 Å². The third kappa shape index (κ3) is 6.08. The van der Waals surface area contributed by atoms with Crippen molar-refractivity contribution in [2.75, 3.05) is 19.8 Å². The highest BCUT2D eigenvalue weighted by Crippen LogP contribution is 2.37. The molecule has 0 unspecified atom stereocenters. The van der Waals surface area contributed by atoms with E-state index in [4.69, 9.17) is 37.4 Å². The van der Waals surface area contributed by atoms with Gasteiger partial charge in [-0.1, -0.05) is 66.6 Å². The molecule has 0 aliphatic carbocycles. The number of carbonyl (C=O) groups is 1. The Morgan fingerprint density at radius 1 is 1.13 bits per heavy atom. The number of rotatable bonds is 9. The van der Waals surface area contributed by atoms with E-state index in [1.54, 1.807) is 38.1 Å². The van der Waals surface area contributed by atoms with Crippen LogP contribution in [0.2, 0.25) is 10.0 Å². The molecule has 7 nitrogen and oxygen atoms in total. The van der Waals surface area contributed by atoms with Crippen molar-refractivity contribution in [2.45, 2.75) is 40.7 Å². The third-order valence-corrected chi connectivity index (χ3v) is 7.75. The molecule has 0 fully saturated rings. The second-order valence-corrected chi connectivity index (χ2v) is 11.1. The molecule has 3 aromatic rings. The Morgan fingerprint density at radius 3 is 2.59 bits per heavy atom. The number of carbonyl (C=O) groups excluding carboxylic acids is 1. The van der Waals surface area contributed by atoms with Crippen molar-refractivity contribution in [1.82, 2.24) is 4.57 Å². The summed E-state index contributed by atoms with van der Waals surface area (Å²) in [5.74, 6) is 1.05. The van der Waals surface area contributed by atoms with Gasteiger partial charge in [0.1, 0.15) is 6.04 Å². The number of fused-ring (bicyclic) bond motifs is 1. The molecule has 39 heavy (non-hydrogen) atoms. The molecule has 0 radical (unpaired) electrons. The van der Waals surface area contributed by atoms with E-state index in [0.717, 1.165) is 5.56 Å². The summed E-state index contributed by atoms with van der Waals surface area (Å²) in [6, 6.07) is 9.85. The van der Waals surface area contributed by atoms with Gasteiger partial charge in [-0.3, -0.25) is 9.36 Å². The summed E-state index contributed by atoms with van der Waals surface area (Å²) in [4.78, 5) is 32.0. The zero-order chi connectivity index (χ0) is 28.3. The predicted molar refractivity (Wildman–Crippen MR) is 155 cm³/mol. The number of thiazole rings is 1. The number of benzene rings is 2. The molecule has 2 heterocycles. The van der Waals surface area contributed by atoms with Gasteiger partial charge in [-0.15, -0.1) is 0 Å². The fourth-order valence-electron chi connectivity index (χ4n) is 4.23. The van der Waals surface area contributed by atoms with Crippen LogP contribution >= 0.6 is 34.5 Å². The van der Waals surface area contributed by atoms with Crippen molar-refractivity contribution in [3.05, 3.63) is 88.5 Å². The Balaban J connectivity index is 1.88. The predicted octanol–water partition coefficient (Wildman–Crippen LogP) is 5.54. The topological polar surface area (TPSA) is 79.1 Å². The van der Waals surface area contributed by atoms with Crippen LogP contribution in [0.15, 0.2) is 57.5 Å². The fourth-order valence-corrected chi connectivity index (χ4v) is 5.69. The second kappa shape index (κ2) is 12.4. The average Bonchev–Trinajstić information content (AvgIpc) is 3.19. The van der Waals surface area contributed by atoms with Gasteiger partial charge in [0.05, 0.1) is 45.7 Å². The maximum Gasteiger partial charge on any atom is 0.338 e. The zero-order valence-corrected chi connectivity index (χ0v) is 24.7. The van der Waals surface area contributed by atoms with Gasteiger partial charge >= 0.3 is 5.97 Å². The van der Waals surface area contributed by atoms with Gasteiger partial charge in [0.25, 0.3) is 5.56 Å². The van der Waals surface area contributed by atoms with E-state index in [1.165, 1.54) is 15.9 Å². The van der Waals surface area contributed by atoms with Gasteiger partial charge in [0, 0.05) is 5.56 Å². The largest absolute Gasteiger partial charge is 0.490 e. The van der Waals surface area contributed by atoms with Crippen molar-refractivity contribution in [3.63, 3.8) is 0 Å². The Kier molecular flexibility index (Phi) is 9.20. The first-order valence-electron chi connectivity index (χ1n) is 12.7. The lowest BCUT2D eigenvalue weighted by atomic mass is 9.96. The molecule has 10 heteroatoms. The number of hydrogen-bond donors (Lipinski definition) is 0. The highest BCUT2D eigenvalue weighted by molar-refractivity contribution is 7.07. The molecule has 0 spiro atoms. The smallest absolute Gasteiger partial charge is 0.338 e. The van der Waals surface area contributed by atoms with Gasteiger partial charge in [-0.25, -0.2) is 9.79 Å². The quantitative estimate of drug-likeness (QED) is 0.307. The lowest BCUT2D eigenvalue weighted by molar-refractivity contribution is -0.139. The van der Waals surface area contributed by atoms with Crippen LogP contribution in [0.5, 0.6) is 11.5 Å². The standard InChI is InChI=1S/C29H30Cl2N2O5S/c1-6-36-22-13-18(11-12-21(22)38-15-16(3)4)14-23-27(34)33-26(19-9-8-10-20(30)25(19)31)24(28(35)37-7-2)17(5)32-29(33)39-23/h8-14,16,26H,6-7,15H2,1-5H3/b23-14-/t26-/m0/s1. The van der Waals surface area contributed by atoms with Gasteiger partial charge < -0.3 is 14.2 Å². The number of aromatic nitrogens is 1. The summed E-state index contributed by atoms with van der Waals surface area (Å²) in [7, 11) is 0. The molecule has 1 aromatic heterocycles. The summed E-state index contributed by atoms with van der Waals surface area (Å²) in [6.07, 6.45) is 1.78. The number of esters is 1. The van der Waals surface area contributed by atoms with E-state index in [9.17, 15) is 9.59 Å². The minimum absolute atomic E-state index is 0.176. The molecule has 1 aliphatic rings. The minimum atomic E-state index is -0.848. The van der Waals surface area contributed by atoms with E-state index in [-0.39, 0.29) is 22.8 Å². The van der Waals surface area contributed by atoms with Crippen LogP contribution in [-0.4, -0.2) is 30.4 Å². The van der Waals surface area contributed by atoms with Crippen LogP contribution in [0.1, 0.15) is 51.8 Å². The van der Waals surface area contributed by atoms with E-state index in [0.29, 0.717) is 56.2 Å². The normalized spacial score (nSPS) is 15.3. The summed E-state index contributed by atoms with van der Waals surface area (Å²) in [6.45, 7) is 10.7. The van der Waals surface area contributed by atoms with Crippen LogP contribution in [0, 0.1) is 5.92 Å². The summed E-state index contributed by atoms with van der Waals surface area (Å²) < 4.78 is 19.0. The van der Waals surface area contributed by atoms with E-state index >= 15 is 0 Å². The van der Waals surface area contributed by atoms with Crippen molar-refractivity contribution >= 4 is 46.6 Å². The van der Waals surface area contributed by atoms with Crippen molar-refractivity contribution in [2.24, 2.45) is 10.9 Å². The average molecular weight is 590 g/mol. The van der Waals surface area contributed by atoms with Crippen LogP contribution in [0.25, 0.3) is 6.08 Å². The summed E-state index contributed by atoms with van der Waals surface area (Å²) in [5.41, 5.74) is 1.66. The van der Waals surface area contributed by atoms with Crippen molar-refractivity contribution in [1.29, 1.82) is 0 Å². The monoisotopic (exact) mass is 588 g/mol. The molecule has 1 aliphatic heterocycles. The van der Waals surface area contributed by atoms with E-state index in [1.807, 2.05) is 25.1 Å². The van der Waals surface area contributed by atoms with Crippen LogP contribution in [0.3, 0.4) is 0 Å². The molecule has 0 saturated carbocycles. The molecular weight excluding hydrogens is 559 g/mol. The molecule has 0 amide bonds. The SMILES string of the molecule is CCOC(=O)C1=C(C)N=c2s/c(=C\c3ccc(OCC(C)C)c(OCC)c3)c(=O)n2[C@H]1c1cccc(Cl)c1Cl. The number of allylic oxidation sites excluding steroid dienone is 1. The van der Waals surface area contributed by atoms with Crippen LogP contribution in [0.4, 0.5) is 0 Å². The zero-order valence-electron chi connectivity index (χ0n) is 22.4. The molecule has 0 saturated heterocycles. The molecule has 1 atom stereocenters. The van der Waals surface area contributed by atoms with Gasteiger partial charge in [0.2, 0.25) is 0 Å². The molecule has 2 aromatic carbocycles. The number of nitrogens with zero attached hydrogens (tertiary/aromatic N) is 2. The first-order valence-corrected chi connectivity index (χ1v) is 14.3. The van der Waals surface area contributed by atoms with E-state index < -0.39 is 12.0 Å². The molecule has 4 rings (SSSR count). The van der Waals surface area contributed by atoms with Gasteiger partial charge in [-0.05, 0) is 56.5 Å². The lowest BCUT2D eigenvalue weighted by Gasteiger charge is -2.25. The van der Waals surface area contributed by atoms with Crippen LogP contribution in [-0.2, 0) is 9.53 Å². The molecule has 0 N–H and O–H groups in total. The number of hydrogen-bond acceptors (Lipinski definition) is 7.